The molecule has 6 nitrogen and oxygen atoms in total. The minimum absolute atomic E-state index is 0.161. The van der Waals surface area contributed by atoms with Crippen molar-refractivity contribution < 1.29 is 14.2 Å². The van der Waals surface area contributed by atoms with Gasteiger partial charge in [0.2, 0.25) is 5.88 Å². The van der Waals surface area contributed by atoms with Crippen LogP contribution in [0.4, 0.5) is 0 Å². The van der Waals surface area contributed by atoms with Gasteiger partial charge in [0.15, 0.2) is 5.54 Å². The molecule has 2 aliphatic heterocycles. The Morgan fingerprint density at radius 1 is 1.14 bits per heavy atom. The van der Waals surface area contributed by atoms with Crippen LogP contribution in [-0.4, -0.2) is 24.7 Å². The summed E-state index contributed by atoms with van der Waals surface area (Å²) in [7, 11) is 1.63. The number of nitrogens with zero attached hydrogens (tertiary/aromatic N) is 2. The standard InChI is InChI=1S/C22H19N3O3S/c1-26-15-7-8-19-17(9-15)22(13-27-21(23)25-22)18-10-16(11-24-20(18)28-19)29-12-14-5-3-2-4-6-14/h2-11H,12-13H2,1H3,(H2,23,25)/t22-/m0/s1. The van der Waals surface area contributed by atoms with Crippen molar-refractivity contribution in [2.45, 2.75) is 16.2 Å². The molecule has 29 heavy (non-hydrogen) atoms. The molecule has 1 aromatic heterocycles. The van der Waals surface area contributed by atoms with Crippen LogP contribution in [0.2, 0.25) is 0 Å². The third-order valence-electron chi connectivity index (χ3n) is 5.09. The van der Waals surface area contributed by atoms with E-state index >= 15 is 0 Å². The lowest BCUT2D eigenvalue weighted by Gasteiger charge is -2.33. The van der Waals surface area contributed by atoms with Crippen LogP contribution < -0.4 is 15.2 Å². The van der Waals surface area contributed by atoms with E-state index in [1.54, 1.807) is 18.9 Å². The monoisotopic (exact) mass is 405 g/mol. The van der Waals surface area contributed by atoms with E-state index < -0.39 is 5.54 Å². The van der Waals surface area contributed by atoms with Crippen LogP contribution in [0.5, 0.6) is 17.4 Å². The normalized spacial score (nSPS) is 19.0. The van der Waals surface area contributed by atoms with E-state index in [2.05, 4.69) is 28.2 Å². The molecule has 0 saturated carbocycles. The molecule has 7 heteroatoms. The van der Waals surface area contributed by atoms with Gasteiger partial charge in [0.1, 0.15) is 18.1 Å². The quantitative estimate of drug-likeness (QED) is 0.659. The van der Waals surface area contributed by atoms with Crippen molar-refractivity contribution in [3.8, 4) is 17.4 Å². The number of ether oxygens (including phenoxy) is 3. The fourth-order valence-electron chi connectivity index (χ4n) is 3.64. The summed E-state index contributed by atoms with van der Waals surface area (Å²) < 4.78 is 17.1. The van der Waals surface area contributed by atoms with Crippen molar-refractivity contribution in [2.75, 3.05) is 13.7 Å². The predicted octanol–water partition coefficient (Wildman–Crippen LogP) is 4.08. The highest BCUT2D eigenvalue weighted by Gasteiger charge is 2.48. The van der Waals surface area contributed by atoms with Gasteiger partial charge < -0.3 is 19.9 Å². The molecule has 3 heterocycles. The van der Waals surface area contributed by atoms with E-state index in [0.29, 0.717) is 18.2 Å². The molecular weight excluding hydrogens is 386 g/mol. The van der Waals surface area contributed by atoms with Crippen molar-refractivity contribution in [2.24, 2.45) is 10.7 Å². The van der Waals surface area contributed by atoms with Crippen molar-refractivity contribution >= 4 is 17.8 Å². The number of hydrogen-bond acceptors (Lipinski definition) is 7. The number of pyridine rings is 1. The first kappa shape index (κ1) is 17.9. The number of hydrogen-bond donors (Lipinski definition) is 1. The molecule has 0 radical (unpaired) electrons. The highest BCUT2D eigenvalue weighted by Crippen LogP contribution is 2.51. The fraction of sp³-hybridized carbons (Fsp3) is 0.182. The second-order valence-electron chi connectivity index (χ2n) is 6.86. The second-order valence-corrected chi connectivity index (χ2v) is 7.91. The number of methoxy groups -OCH3 is 1. The fourth-order valence-corrected chi connectivity index (χ4v) is 4.49. The Hall–Kier alpha value is -3.19. The Morgan fingerprint density at radius 2 is 2.00 bits per heavy atom. The van der Waals surface area contributed by atoms with Crippen LogP contribution in [0.1, 0.15) is 16.7 Å². The average molecular weight is 405 g/mol. The Labute approximate surface area is 172 Å². The molecule has 5 rings (SSSR count). The molecule has 0 bridgehead atoms. The zero-order valence-corrected chi connectivity index (χ0v) is 16.6. The summed E-state index contributed by atoms with van der Waals surface area (Å²) in [5, 5.41) is 0. The largest absolute Gasteiger partial charge is 0.497 e. The molecule has 3 aromatic rings. The van der Waals surface area contributed by atoms with Gasteiger partial charge in [0.05, 0.1) is 12.7 Å². The maximum absolute atomic E-state index is 6.08. The van der Waals surface area contributed by atoms with Gasteiger partial charge in [-0.1, -0.05) is 30.3 Å². The molecule has 1 spiro atoms. The lowest BCUT2D eigenvalue weighted by molar-refractivity contribution is 0.261. The first-order chi connectivity index (χ1) is 14.2. The van der Waals surface area contributed by atoms with E-state index in [-0.39, 0.29) is 6.02 Å². The molecule has 2 aromatic carbocycles. The van der Waals surface area contributed by atoms with Crippen molar-refractivity contribution in [3.63, 3.8) is 0 Å². The summed E-state index contributed by atoms with van der Waals surface area (Å²) in [6.07, 6.45) is 1.83. The Kier molecular flexibility index (Phi) is 4.32. The third kappa shape index (κ3) is 3.07. The van der Waals surface area contributed by atoms with Crippen molar-refractivity contribution in [1.82, 2.24) is 4.98 Å². The Balaban J connectivity index is 1.56. The summed E-state index contributed by atoms with van der Waals surface area (Å²) in [6, 6.07) is 18.2. The minimum Gasteiger partial charge on any atom is -0.497 e. The van der Waals surface area contributed by atoms with E-state index in [1.807, 2.05) is 42.6 Å². The molecule has 0 amide bonds. The first-order valence-electron chi connectivity index (χ1n) is 9.20. The van der Waals surface area contributed by atoms with Crippen LogP contribution >= 0.6 is 11.8 Å². The molecule has 2 aliphatic rings. The highest BCUT2D eigenvalue weighted by molar-refractivity contribution is 7.98. The number of thioether (sulfide) groups is 1. The predicted molar refractivity (Wildman–Crippen MR) is 112 cm³/mol. The summed E-state index contributed by atoms with van der Waals surface area (Å²) in [5.41, 5.74) is 8.09. The third-order valence-corrected chi connectivity index (χ3v) is 6.12. The van der Waals surface area contributed by atoms with Gasteiger partial charge in [-0.05, 0) is 29.8 Å². The summed E-state index contributed by atoms with van der Waals surface area (Å²) in [5.74, 6) is 2.77. The van der Waals surface area contributed by atoms with Gasteiger partial charge in [-0.2, -0.15) is 0 Å². The molecule has 0 unspecified atom stereocenters. The van der Waals surface area contributed by atoms with Gasteiger partial charge in [0, 0.05) is 22.4 Å². The second kappa shape index (κ2) is 7.00. The molecule has 0 fully saturated rings. The van der Waals surface area contributed by atoms with Crippen LogP contribution in [0, 0.1) is 0 Å². The molecule has 0 aliphatic carbocycles. The number of amidine groups is 1. The Bertz CT molecular complexity index is 1100. The number of fused-ring (bicyclic) bond motifs is 4. The highest BCUT2D eigenvalue weighted by atomic mass is 32.2. The molecule has 1 atom stereocenters. The summed E-state index contributed by atoms with van der Waals surface area (Å²) in [6.45, 7) is 0.295. The van der Waals surface area contributed by atoms with E-state index in [9.17, 15) is 0 Å². The van der Waals surface area contributed by atoms with Gasteiger partial charge in [-0.25, -0.2) is 9.98 Å². The topological polar surface area (TPSA) is 79.0 Å². The maximum atomic E-state index is 6.08. The number of rotatable bonds is 4. The Morgan fingerprint density at radius 3 is 2.76 bits per heavy atom. The van der Waals surface area contributed by atoms with E-state index in [0.717, 1.165) is 27.5 Å². The van der Waals surface area contributed by atoms with Gasteiger partial charge in [0.25, 0.3) is 6.02 Å². The SMILES string of the molecule is COc1ccc2c(c1)[C@@]1(COC(N)=N1)c1cc(SCc3ccccc3)cnc1O2. The summed E-state index contributed by atoms with van der Waals surface area (Å²) >= 11 is 1.71. The number of aromatic nitrogens is 1. The molecular formula is C22H19N3O3S. The van der Waals surface area contributed by atoms with Gasteiger partial charge in [-0.3, -0.25) is 0 Å². The maximum Gasteiger partial charge on any atom is 0.283 e. The summed E-state index contributed by atoms with van der Waals surface area (Å²) in [4.78, 5) is 10.3. The zero-order valence-electron chi connectivity index (χ0n) is 15.8. The first-order valence-corrected chi connectivity index (χ1v) is 10.2. The number of aliphatic imine (C=N–C) groups is 1. The lowest BCUT2D eigenvalue weighted by atomic mass is 9.82. The molecule has 2 N–H and O–H groups in total. The van der Waals surface area contributed by atoms with Gasteiger partial charge >= 0.3 is 0 Å². The number of nitrogens with two attached hydrogens (primary N) is 1. The van der Waals surface area contributed by atoms with Gasteiger partial charge in [-0.15, -0.1) is 11.8 Å². The van der Waals surface area contributed by atoms with Crippen LogP contribution in [0.3, 0.4) is 0 Å². The van der Waals surface area contributed by atoms with Crippen molar-refractivity contribution in [1.29, 1.82) is 0 Å². The van der Waals surface area contributed by atoms with Crippen LogP contribution in [0.15, 0.2) is 70.7 Å². The van der Waals surface area contributed by atoms with Crippen molar-refractivity contribution in [3.05, 3.63) is 77.5 Å². The minimum atomic E-state index is -0.794. The van der Waals surface area contributed by atoms with E-state index in [1.165, 1.54) is 5.56 Å². The molecule has 0 saturated heterocycles. The number of benzene rings is 2. The van der Waals surface area contributed by atoms with Crippen LogP contribution in [-0.2, 0) is 16.0 Å². The lowest BCUT2D eigenvalue weighted by Crippen LogP contribution is -2.31. The average Bonchev–Trinajstić information content (AvgIpc) is 3.15. The van der Waals surface area contributed by atoms with E-state index in [4.69, 9.17) is 19.9 Å². The zero-order chi connectivity index (χ0) is 19.8. The smallest absolute Gasteiger partial charge is 0.283 e. The van der Waals surface area contributed by atoms with Crippen LogP contribution in [0.25, 0.3) is 0 Å². The molecule has 146 valence electrons.